The largest absolute Gasteiger partial charge is 0.459 e. The van der Waals surface area contributed by atoms with Gasteiger partial charge in [0.05, 0.1) is 22.2 Å². The Labute approximate surface area is 155 Å². The van der Waals surface area contributed by atoms with Crippen LogP contribution in [0.1, 0.15) is 22.5 Å². The molecule has 0 bridgehead atoms. The molecule has 3 rings (SSSR count). The summed E-state index contributed by atoms with van der Waals surface area (Å²) in [6, 6.07) is 7.89. The second kappa shape index (κ2) is 7.14. The van der Waals surface area contributed by atoms with Gasteiger partial charge in [-0.15, -0.1) is 0 Å². The smallest absolute Gasteiger partial charge is 0.427 e. The number of hydrogen-bond donors (Lipinski definition) is 2. The summed E-state index contributed by atoms with van der Waals surface area (Å²) < 4.78 is 80.0. The number of imidazole rings is 1. The molecule has 0 amide bonds. The van der Waals surface area contributed by atoms with E-state index in [0.717, 1.165) is 6.07 Å². The Hall–Kier alpha value is -2.53. The highest BCUT2D eigenvalue weighted by Crippen LogP contribution is 2.38. The summed E-state index contributed by atoms with van der Waals surface area (Å²) >= 11 is 0. The summed E-state index contributed by atoms with van der Waals surface area (Å²) in [7, 11) is -1.79. The maximum atomic E-state index is 13.4. The molecular weight excluding hydrogens is 389 g/mol. The molecule has 1 heterocycles. The Bertz CT molecular complexity index is 997. The van der Waals surface area contributed by atoms with Crippen LogP contribution in [0.15, 0.2) is 42.5 Å². The van der Waals surface area contributed by atoms with E-state index in [9.17, 15) is 36.4 Å². The Morgan fingerprint density at radius 3 is 2.21 bits per heavy atom. The number of aromatic nitrogens is 2. The van der Waals surface area contributed by atoms with Gasteiger partial charge < -0.3 is 14.6 Å². The Kier molecular flexibility index (Phi) is 5.15. The van der Waals surface area contributed by atoms with Crippen LogP contribution in [0.4, 0.5) is 26.3 Å². The molecule has 0 radical (unpaired) electrons. The van der Waals surface area contributed by atoms with Gasteiger partial charge >= 0.3 is 19.5 Å². The highest BCUT2D eigenvalue weighted by Gasteiger charge is 2.38. The minimum atomic E-state index is -5.00. The lowest BCUT2D eigenvalue weighted by atomic mass is 9.86. The van der Waals surface area contributed by atoms with Crippen molar-refractivity contribution in [2.45, 2.75) is 25.2 Å². The van der Waals surface area contributed by atoms with Crippen LogP contribution in [0.3, 0.4) is 0 Å². The number of hydrogen-bond acceptors (Lipinski definition) is 3. The lowest BCUT2D eigenvalue weighted by Crippen LogP contribution is -2.20. The van der Waals surface area contributed by atoms with E-state index in [1.165, 1.54) is 4.57 Å². The van der Waals surface area contributed by atoms with Crippen molar-refractivity contribution in [3.63, 3.8) is 0 Å². The van der Waals surface area contributed by atoms with Gasteiger partial charge in [-0.05, 0) is 29.8 Å². The Balaban J connectivity index is 2.13. The SMILES string of the molecule is OB(O)Cc1nc2ccccc2n1Cc1ccc(C(F)(F)F)cc1C(F)(F)F. The molecule has 0 spiro atoms. The maximum Gasteiger partial charge on any atom is 0.459 e. The van der Waals surface area contributed by atoms with Crippen molar-refractivity contribution in [1.29, 1.82) is 0 Å². The first-order valence-corrected chi connectivity index (χ1v) is 8.04. The fraction of sp³-hybridized carbons (Fsp3) is 0.235. The van der Waals surface area contributed by atoms with Crippen LogP contribution in [0, 0.1) is 0 Å². The standard InChI is InChI=1S/C17H13BF6N2O2/c19-16(20,21)11-6-5-10(12(7-11)17(22,23)24)9-26-14-4-2-1-3-13(14)25-15(26)8-18(27)28/h1-7,27-28H,8-9H2. The second-order valence-electron chi connectivity index (χ2n) is 6.16. The fourth-order valence-corrected chi connectivity index (χ4v) is 2.95. The van der Waals surface area contributed by atoms with Crippen LogP contribution in [0.25, 0.3) is 11.0 Å². The predicted octanol–water partition coefficient (Wildman–Crippen LogP) is 3.68. The summed E-state index contributed by atoms with van der Waals surface area (Å²) in [5, 5.41) is 18.5. The molecule has 28 heavy (non-hydrogen) atoms. The van der Waals surface area contributed by atoms with E-state index in [0.29, 0.717) is 17.1 Å². The molecule has 0 aliphatic heterocycles. The minimum Gasteiger partial charge on any atom is -0.427 e. The first kappa shape index (κ1) is 20.2. The van der Waals surface area contributed by atoms with Crippen molar-refractivity contribution in [2.75, 3.05) is 0 Å². The Morgan fingerprint density at radius 1 is 0.929 bits per heavy atom. The van der Waals surface area contributed by atoms with Crippen LogP contribution in [0.2, 0.25) is 0 Å². The van der Waals surface area contributed by atoms with E-state index >= 15 is 0 Å². The third kappa shape index (κ3) is 4.15. The zero-order valence-corrected chi connectivity index (χ0v) is 14.1. The number of para-hydroxylation sites is 2. The molecule has 0 aliphatic rings. The molecule has 0 saturated heterocycles. The second-order valence-corrected chi connectivity index (χ2v) is 6.16. The molecule has 0 saturated carbocycles. The summed E-state index contributed by atoms with van der Waals surface area (Å²) in [6.07, 6.45) is -10.3. The van der Waals surface area contributed by atoms with E-state index in [1.54, 1.807) is 24.3 Å². The van der Waals surface area contributed by atoms with Crippen LogP contribution >= 0.6 is 0 Å². The van der Waals surface area contributed by atoms with E-state index in [-0.39, 0.29) is 18.2 Å². The monoisotopic (exact) mass is 402 g/mol. The number of fused-ring (bicyclic) bond motifs is 1. The van der Waals surface area contributed by atoms with Gasteiger partial charge in [-0.25, -0.2) is 4.98 Å². The highest BCUT2D eigenvalue weighted by molar-refractivity contribution is 6.40. The molecule has 0 atom stereocenters. The van der Waals surface area contributed by atoms with E-state index in [2.05, 4.69) is 4.98 Å². The number of nitrogens with zero attached hydrogens (tertiary/aromatic N) is 2. The maximum absolute atomic E-state index is 13.4. The van der Waals surface area contributed by atoms with Crippen molar-refractivity contribution in [3.05, 3.63) is 65.0 Å². The predicted molar refractivity (Wildman–Crippen MR) is 89.2 cm³/mol. The van der Waals surface area contributed by atoms with Crippen LogP contribution in [-0.4, -0.2) is 26.7 Å². The first-order chi connectivity index (χ1) is 13.0. The number of benzene rings is 2. The van der Waals surface area contributed by atoms with Gasteiger partial charge in [0.25, 0.3) is 0 Å². The third-order valence-electron chi connectivity index (χ3n) is 4.17. The summed E-state index contributed by atoms with van der Waals surface area (Å²) in [4.78, 5) is 4.18. The van der Waals surface area contributed by atoms with E-state index < -0.39 is 42.7 Å². The zero-order chi connectivity index (χ0) is 20.7. The van der Waals surface area contributed by atoms with Crippen molar-refractivity contribution < 1.29 is 36.4 Å². The molecule has 0 aliphatic carbocycles. The summed E-state index contributed by atoms with van der Waals surface area (Å²) in [5.74, 6) is 0.101. The topological polar surface area (TPSA) is 58.3 Å². The van der Waals surface area contributed by atoms with Crippen molar-refractivity contribution in [1.82, 2.24) is 9.55 Å². The van der Waals surface area contributed by atoms with Crippen LogP contribution in [-0.2, 0) is 25.2 Å². The Morgan fingerprint density at radius 2 is 1.61 bits per heavy atom. The molecule has 4 nitrogen and oxygen atoms in total. The van der Waals surface area contributed by atoms with Crippen LogP contribution in [0.5, 0.6) is 0 Å². The third-order valence-corrected chi connectivity index (χ3v) is 4.17. The zero-order valence-electron chi connectivity index (χ0n) is 14.1. The van der Waals surface area contributed by atoms with Gasteiger partial charge in [0.2, 0.25) is 0 Å². The quantitative estimate of drug-likeness (QED) is 0.517. The molecular formula is C17H13BF6N2O2. The van der Waals surface area contributed by atoms with Crippen molar-refractivity contribution >= 4 is 18.2 Å². The number of rotatable bonds is 4. The molecule has 3 aromatic rings. The summed E-state index contributed by atoms with van der Waals surface area (Å²) in [5.41, 5.74) is -2.36. The average molecular weight is 402 g/mol. The molecule has 0 fully saturated rings. The highest BCUT2D eigenvalue weighted by atomic mass is 19.4. The van der Waals surface area contributed by atoms with Crippen molar-refractivity contribution in [2.24, 2.45) is 0 Å². The van der Waals surface area contributed by atoms with Gasteiger partial charge in [-0.2, -0.15) is 26.3 Å². The van der Waals surface area contributed by atoms with E-state index in [1.807, 2.05) is 0 Å². The lowest BCUT2D eigenvalue weighted by Gasteiger charge is -2.17. The van der Waals surface area contributed by atoms with E-state index in [4.69, 9.17) is 0 Å². The van der Waals surface area contributed by atoms with Gasteiger partial charge in [0.15, 0.2) is 0 Å². The molecule has 1 aromatic heterocycles. The van der Waals surface area contributed by atoms with Gasteiger partial charge in [0, 0.05) is 12.9 Å². The first-order valence-electron chi connectivity index (χ1n) is 8.04. The minimum absolute atomic E-state index is 0.0784. The average Bonchev–Trinajstić information content (AvgIpc) is 2.90. The van der Waals surface area contributed by atoms with Gasteiger partial charge in [0.1, 0.15) is 5.82 Å². The molecule has 2 N–H and O–H groups in total. The number of alkyl halides is 6. The molecule has 11 heteroatoms. The van der Waals surface area contributed by atoms with Crippen LogP contribution < -0.4 is 0 Å². The molecule has 148 valence electrons. The van der Waals surface area contributed by atoms with Crippen molar-refractivity contribution in [3.8, 4) is 0 Å². The fourth-order valence-electron chi connectivity index (χ4n) is 2.95. The van der Waals surface area contributed by atoms with Gasteiger partial charge in [-0.3, -0.25) is 0 Å². The lowest BCUT2D eigenvalue weighted by molar-refractivity contribution is -0.143. The normalized spacial score (nSPS) is 12.6. The summed E-state index contributed by atoms with van der Waals surface area (Å²) in [6.45, 7) is -0.435. The van der Waals surface area contributed by atoms with Gasteiger partial charge in [-0.1, -0.05) is 18.2 Å². The molecule has 0 unspecified atom stereocenters. The molecule has 2 aromatic carbocycles. The number of halogens is 6.